The molecule has 2 heterocycles. The molecule has 0 radical (unpaired) electrons. The molecule has 1 amide bonds. The Morgan fingerprint density at radius 1 is 1.13 bits per heavy atom. The first kappa shape index (κ1) is 25.3. The smallest absolute Gasteiger partial charge is 0.246 e. The highest BCUT2D eigenvalue weighted by Crippen LogP contribution is 2.57. The number of nitrogens with zero attached hydrogens (tertiary/aromatic N) is 1. The van der Waals surface area contributed by atoms with Crippen molar-refractivity contribution in [3.05, 3.63) is 69.6 Å². The molecule has 5 rings (SSSR count). The standard InChI is InChI=1S/C29H28N2O7/c1-14-25(35)23(16(3)32)27-24(26(14)36)29(4)20(38-27)12-19(33)22(28(29)37)15(2)30-13-21(34)31-11-7-9-17-8-5-6-10-18(17)31/h5-6,8,10,12,30,35-36H,7,9,11,13H2,1-4H3/t29-/m0/s1. The Hall–Kier alpha value is -4.40. The molecule has 0 aromatic heterocycles. The molecule has 3 aliphatic rings. The lowest BCUT2D eigenvalue weighted by atomic mass is 9.70. The summed E-state index contributed by atoms with van der Waals surface area (Å²) in [6, 6.07) is 7.71. The number of hydrogen-bond donors (Lipinski definition) is 3. The second-order valence-corrected chi connectivity index (χ2v) is 10.0. The van der Waals surface area contributed by atoms with E-state index in [0.717, 1.165) is 30.2 Å². The molecule has 0 unspecified atom stereocenters. The van der Waals surface area contributed by atoms with E-state index in [4.69, 9.17) is 4.74 Å². The van der Waals surface area contributed by atoms with E-state index in [-0.39, 0.29) is 57.7 Å². The van der Waals surface area contributed by atoms with Crippen molar-refractivity contribution in [2.75, 3.05) is 18.0 Å². The van der Waals surface area contributed by atoms with Gasteiger partial charge in [0.05, 0.1) is 17.7 Å². The molecule has 38 heavy (non-hydrogen) atoms. The molecule has 196 valence electrons. The molecule has 9 nitrogen and oxygen atoms in total. The fraction of sp³-hybridized carbons (Fsp3) is 0.310. The van der Waals surface area contributed by atoms with Gasteiger partial charge in [-0.1, -0.05) is 18.2 Å². The second-order valence-electron chi connectivity index (χ2n) is 10.0. The predicted octanol–water partition coefficient (Wildman–Crippen LogP) is 3.14. The number of amides is 1. The Balaban J connectivity index is 1.49. The summed E-state index contributed by atoms with van der Waals surface area (Å²) >= 11 is 0. The Bertz CT molecular complexity index is 1520. The summed E-state index contributed by atoms with van der Waals surface area (Å²) in [6.07, 6.45) is 2.89. The number of fused-ring (bicyclic) bond motifs is 4. The zero-order valence-corrected chi connectivity index (χ0v) is 21.6. The van der Waals surface area contributed by atoms with Crippen molar-refractivity contribution in [2.24, 2.45) is 0 Å². The van der Waals surface area contributed by atoms with Crippen LogP contribution in [0.15, 0.2) is 47.4 Å². The van der Waals surface area contributed by atoms with E-state index < -0.39 is 28.5 Å². The highest BCUT2D eigenvalue weighted by atomic mass is 16.5. The molecule has 3 N–H and O–H groups in total. The van der Waals surface area contributed by atoms with Gasteiger partial charge in [0.15, 0.2) is 17.3 Å². The number of carbonyl (C=O) groups is 4. The average molecular weight is 517 g/mol. The normalized spacial score (nSPS) is 21.2. The number of nitrogens with one attached hydrogen (secondary N) is 1. The molecule has 9 heteroatoms. The van der Waals surface area contributed by atoms with E-state index in [1.165, 1.54) is 20.8 Å². The van der Waals surface area contributed by atoms with Crippen LogP contribution >= 0.6 is 0 Å². The van der Waals surface area contributed by atoms with Crippen LogP contribution in [0.3, 0.4) is 0 Å². The zero-order valence-electron chi connectivity index (χ0n) is 21.6. The lowest BCUT2D eigenvalue weighted by Gasteiger charge is -2.30. The number of rotatable bonds is 4. The number of aryl methyl sites for hydroxylation is 1. The third-order valence-corrected chi connectivity index (χ3v) is 7.68. The number of carbonyl (C=O) groups excluding carboxylic acids is 4. The van der Waals surface area contributed by atoms with Crippen LogP contribution in [0.1, 0.15) is 54.2 Å². The summed E-state index contributed by atoms with van der Waals surface area (Å²) < 4.78 is 5.78. The van der Waals surface area contributed by atoms with E-state index in [1.807, 2.05) is 24.3 Å². The number of aromatic hydroxyl groups is 2. The molecule has 1 aliphatic carbocycles. The van der Waals surface area contributed by atoms with Crippen molar-refractivity contribution >= 4 is 28.9 Å². The molecular formula is C29H28N2O7. The first-order valence-corrected chi connectivity index (χ1v) is 12.4. The van der Waals surface area contributed by atoms with Gasteiger partial charge >= 0.3 is 0 Å². The fourth-order valence-corrected chi connectivity index (χ4v) is 5.55. The number of anilines is 1. The minimum atomic E-state index is -1.61. The molecule has 2 aromatic carbocycles. The van der Waals surface area contributed by atoms with E-state index in [1.54, 1.807) is 11.8 Å². The maximum absolute atomic E-state index is 13.9. The van der Waals surface area contributed by atoms with Crippen LogP contribution < -0.4 is 15.0 Å². The van der Waals surface area contributed by atoms with E-state index in [9.17, 15) is 29.4 Å². The second kappa shape index (κ2) is 8.86. The van der Waals surface area contributed by atoms with Crippen LogP contribution in [-0.4, -0.2) is 46.6 Å². The zero-order chi connectivity index (χ0) is 27.5. The van der Waals surface area contributed by atoms with E-state index in [0.29, 0.717) is 6.54 Å². The minimum Gasteiger partial charge on any atom is -0.507 e. The van der Waals surface area contributed by atoms with Gasteiger partial charge in [-0.3, -0.25) is 19.2 Å². The maximum atomic E-state index is 13.9. The summed E-state index contributed by atoms with van der Waals surface area (Å²) in [6.45, 7) is 6.16. The van der Waals surface area contributed by atoms with Crippen LogP contribution in [-0.2, 0) is 26.2 Å². The summed E-state index contributed by atoms with van der Waals surface area (Å²) in [5, 5.41) is 24.4. The largest absolute Gasteiger partial charge is 0.507 e. The Kier molecular flexibility index (Phi) is 5.89. The Morgan fingerprint density at radius 3 is 2.55 bits per heavy atom. The number of phenolic OH excluding ortho intramolecular Hbond substituents is 2. The third kappa shape index (κ3) is 3.53. The van der Waals surface area contributed by atoms with Gasteiger partial charge in [-0.2, -0.15) is 0 Å². The number of hydrogen-bond acceptors (Lipinski definition) is 8. The monoisotopic (exact) mass is 516 g/mol. The molecule has 0 saturated heterocycles. The summed E-state index contributed by atoms with van der Waals surface area (Å²) in [7, 11) is 0. The van der Waals surface area contributed by atoms with Crippen molar-refractivity contribution < 1.29 is 34.1 Å². The van der Waals surface area contributed by atoms with Gasteiger partial charge in [-0.25, -0.2) is 0 Å². The van der Waals surface area contributed by atoms with Crippen LogP contribution in [0.25, 0.3) is 0 Å². The first-order chi connectivity index (χ1) is 18.0. The SMILES string of the molecule is CC(=O)c1c(O)c(C)c(O)c2c1OC1=CC(=O)C(=C(C)NCC(=O)N3CCCc4ccccc43)C(=O)[C@@]12C. The Morgan fingerprint density at radius 2 is 1.84 bits per heavy atom. The van der Waals surface area contributed by atoms with Gasteiger partial charge in [0.1, 0.15) is 34.0 Å². The quantitative estimate of drug-likeness (QED) is 0.321. The third-order valence-electron chi connectivity index (χ3n) is 7.68. The highest BCUT2D eigenvalue weighted by Gasteiger charge is 2.56. The van der Waals surface area contributed by atoms with Gasteiger partial charge in [0, 0.05) is 29.6 Å². The number of benzene rings is 2. The van der Waals surface area contributed by atoms with Crippen LogP contribution in [0.4, 0.5) is 5.69 Å². The summed E-state index contributed by atoms with van der Waals surface area (Å²) in [4.78, 5) is 54.1. The lowest BCUT2D eigenvalue weighted by molar-refractivity contribution is -0.124. The molecule has 0 spiro atoms. The van der Waals surface area contributed by atoms with Gasteiger partial charge in [-0.15, -0.1) is 0 Å². The van der Waals surface area contributed by atoms with E-state index >= 15 is 0 Å². The lowest BCUT2D eigenvalue weighted by Crippen LogP contribution is -2.43. The van der Waals surface area contributed by atoms with Crippen molar-refractivity contribution in [1.82, 2.24) is 5.32 Å². The van der Waals surface area contributed by atoms with E-state index in [2.05, 4.69) is 5.32 Å². The Labute approximate surface area is 219 Å². The molecule has 0 fully saturated rings. The molecule has 2 aliphatic heterocycles. The van der Waals surface area contributed by atoms with Crippen LogP contribution in [0, 0.1) is 6.92 Å². The molecule has 2 aromatic rings. The van der Waals surface area contributed by atoms with Gasteiger partial charge in [0.2, 0.25) is 5.91 Å². The number of allylic oxidation sites excluding steroid dienone is 4. The maximum Gasteiger partial charge on any atom is 0.246 e. The highest BCUT2D eigenvalue weighted by molar-refractivity contribution is 6.31. The molecule has 0 bridgehead atoms. The summed E-state index contributed by atoms with van der Waals surface area (Å²) in [5.74, 6) is -2.99. The molecule has 1 atom stereocenters. The number of ketones is 3. The number of para-hydroxylation sites is 1. The van der Waals surface area contributed by atoms with Crippen molar-refractivity contribution in [1.29, 1.82) is 0 Å². The number of phenols is 2. The first-order valence-electron chi connectivity index (χ1n) is 12.4. The van der Waals surface area contributed by atoms with Crippen molar-refractivity contribution in [3.8, 4) is 17.2 Å². The minimum absolute atomic E-state index is 0.0213. The van der Waals surface area contributed by atoms with Crippen LogP contribution in [0.2, 0.25) is 0 Å². The molecular weight excluding hydrogens is 488 g/mol. The van der Waals surface area contributed by atoms with Gasteiger partial charge in [0.25, 0.3) is 0 Å². The predicted molar refractivity (Wildman–Crippen MR) is 138 cm³/mol. The molecule has 0 saturated carbocycles. The fourth-order valence-electron chi connectivity index (χ4n) is 5.55. The van der Waals surface area contributed by atoms with Gasteiger partial charge in [-0.05, 0) is 52.2 Å². The number of ether oxygens (including phenoxy) is 1. The summed E-state index contributed by atoms with van der Waals surface area (Å²) in [5.41, 5.74) is 0.265. The van der Waals surface area contributed by atoms with Gasteiger partial charge < -0.3 is 25.2 Å². The number of Topliss-reactive ketones (excluding diaryl/α,β-unsaturated/α-hetero) is 2. The van der Waals surface area contributed by atoms with Crippen LogP contribution in [0.5, 0.6) is 17.2 Å². The van der Waals surface area contributed by atoms with Crippen molar-refractivity contribution in [2.45, 2.75) is 46.0 Å². The van der Waals surface area contributed by atoms with Crippen molar-refractivity contribution in [3.63, 3.8) is 0 Å². The topological polar surface area (TPSA) is 133 Å². The average Bonchev–Trinajstić information content (AvgIpc) is 3.18.